The van der Waals surface area contributed by atoms with E-state index >= 15 is 0 Å². The number of benzene rings is 1. The summed E-state index contributed by atoms with van der Waals surface area (Å²) in [6.07, 6.45) is 5.18. The van der Waals surface area contributed by atoms with Gasteiger partial charge in [-0.05, 0) is 42.0 Å². The Kier molecular flexibility index (Phi) is 4.30. The fraction of sp³-hybridized carbons (Fsp3) is 0.400. The van der Waals surface area contributed by atoms with E-state index < -0.39 is 0 Å². The molecule has 1 aliphatic heterocycles. The lowest BCUT2D eigenvalue weighted by Gasteiger charge is -2.29. The summed E-state index contributed by atoms with van der Waals surface area (Å²) >= 11 is 0. The van der Waals surface area contributed by atoms with Crippen molar-refractivity contribution < 1.29 is 4.79 Å². The molecule has 1 aromatic heterocycles. The number of pyridine rings is 1. The summed E-state index contributed by atoms with van der Waals surface area (Å²) in [7, 11) is 1.86. The van der Waals surface area contributed by atoms with Gasteiger partial charge in [0.25, 0.3) is 0 Å². The standard InChI is InChI=1S/C20H24N4O/c1-23(18-7-8-18)20(25)22-13-15-6-9-19(21-12-15)24-11-10-16-4-2-3-5-17(16)14-24/h2-6,9,12,18H,7-8,10-11,13-14H2,1H3,(H,22,25). The summed E-state index contributed by atoms with van der Waals surface area (Å²) < 4.78 is 0. The quantitative estimate of drug-likeness (QED) is 0.934. The molecule has 5 heteroatoms. The molecule has 0 saturated heterocycles. The first-order valence-corrected chi connectivity index (χ1v) is 8.98. The topological polar surface area (TPSA) is 48.5 Å². The van der Waals surface area contributed by atoms with E-state index in [-0.39, 0.29) is 6.03 Å². The number of fused-ring (bicyclic) bond motifs is 1. The summed E-state index contributed by atoms with van der Waals surface area (Å²) in [6, 6.07) is 13.2. The Hall–Kier alpha value is -2.56. The molecule has 2 amide bonds. The summed E-state index contributed by atoms with van der Waals surface area (Å²) in [6.45, 7) is 2.42. The fourth-order valence-corrected chi connectivity index (χ4v) is 3.33. The molecule has 0 bridgehead atoms. The van der Waals surface area contributed by atoms with Gasteiger partial charge in [0.05, 0.1) is 0 Å². The molecule has 130 valence electrons. The maximum atomic E-state index is 12.0. The molecule has 1 saturated carbocycles. The monoisotopic (exact) mass is 336 g/mol. The average Bonchev–Trinajstić information content (AvgIpc) is 3.51. The van der Waals surface area contributed by atoms with Crippen LogP contribution in [-0.2, 0) is 19.5 Å². The van der Waals surface area contributed by atoms with E-state index in [1.54, 1.807) is 4.90 Å². The van der Waals surface area contributed by atoms with E-state index in [1.165, 1.54) is 11.1 Å². The number of hydrogen-bond donors (Lipinski definition) is 1. The molecule has 25 heavy (non-hydrogen) atoms. The SMILES string of the molecule is CN(C(=O)NCc1ccc(N2CCc3ccccc3C2)nc1)C1CC1. The van der Waals surface area contributed by atoms with Crippen molar-refractivity contribution in [3.05, 3.63) is 59.3 Å². The van der Waals surface area contributed by atoms with Gasteiger partial charge in [-0.2, -0.15) is 0 Å². The van der Waals surface area contributed by atoms with E-state index in [4.69, 9.17) is 0 Å². The van der Waals surface area contributed by atoms with Crippen molar-refractivity contribution in [3.8, 4) is 0 Å². The van der Waals surface area contributed by atoms with Crippen molar-refractivity contribution in [2.75, 3.05) is 18.5 Å². The maximum Gasteiger partial charge on any atom is 0.317 e. The minimum absolute atomic E-state index is 0.000728. The van der Waals surface area contributed by atoms with Crippen molar-refractivity contribution in [1.29, 1.82) is 0 Å². The fourth-order valence-electron chi connectivity index (χ4n) is 3.33. The van der Waals surface area contributed by atoms with Crippen LogP contribution in [-0.4, -0.2) is 35.5 Å². The Bertz CT molecular complexity index is 755. The van der Waals surface area contributed by atoms with E-state index in [1.807, 2.05) is 13.2 Å². The third-order valence-corrected chi connectivity index (χ3v) is 5.12. The third-order valence-electron chi connectivity index (χ3n) is 5.12. The van der Waals surface area contributed by atoms with Crippen LogP contribution >= 0.6 is 0 Å². The Morgan fingerprint density at radius 2 is 2.04 bits per heavy atom. The highest BCUT2D eigenvalue weighted by molar-refractivity contribution is 5.74. The van der Waals surface area contributed by atoms with Crippen LogP contribution in [0.1, 0.15) is 29.5 Å². The van der Waals surface area contributed by atoms with Crippen molar-refractivity contribution in [3.63, 3.8) is 0 Å². The van der Waals surface area contributed by atoms with Crippen LogP contribution < -0.4 is 10.2 Å². The van der Waals surface area contributed by atoms with Crippen LogP contribution in [0, 0.1) is 0 Å². The number of nitrogens with one attached hydrogen (secondary N) is 1. The Balaban J connectivity index is 1.35. The first kappa shape index (κ1) is 15.9. The number of nitrogens with zero attached hydrogens (tertiary/aromatic N) is 3. The van der Waals surface area contributed by atoms with Crippen LogP contribution in [0.15, 0.2) is 42.6 Å². The molecule has 1 aromatic carbocycles. The molecule has 1 fully saturated rings. The second-order valence-corrected chi connectivity index (χ2v) is 6.97. The Morgan fingerprint density at radius 3 is 2.76 bits per heavy atom. The van der Waals surface area contributed by atoms with Gasteiger partial charge in [-0.3, -0.25) is 0 Å². The number of carbonyl (C=O) groups is 1. The average molecular weight is 336 g/mol. The van der Waals surface area contributed by atoms with E-state index in [0.717, 1.165) is 43.7 Å². The molecule has 5 nitrogen and oxygen atoms in total. The van der Waals surface area contributed by atoms with Crippen molar-refractivity contribution in [2.24, 2.45) is 0 Å². The van der Waals surface area contributed by atoms with Gasteiger partial charge < -0.3 is 15.1 Å². The van der Waals surface area contributed by atoms with Crippen molar-refractivity contribution in [1.82, 2.24) is 15.2 Å². The van der Waals surface area contributed by atoms with Crippen LogP contribution in [0.2, 0.25) is 0 Å². The van der Waals surface area contributed by atoms with Crippen LogP contribution in [0.5, 0.6) is 0 Å². The summed E-state index contributed by atoms with van der Waals surface area (Å²) in [5.74, 6) is 1.000. The van der Waals surface area contributed by atoms with Gasteiger partial charge >= 0.3 is 6.03 Å². The molecule has 0 atom stereocenters. The van der Waals surface area contributed by atoms with Gasteiger partial charge in [0, 0.05) is 38.9 Å². The largest absolute Gasteiger partial charge is 0.352 e. The van der Waals surface area contributed by atoms with Gasteiger partial charge in [0.15, 0.2) is 0 Å². The van der Waals surface area contributed by atoms with Crippen molar-refractivity contribution >= 4 is 11.8 Å². The highest BCUT2D eigenvalue weighted by atomic mass is 16.2. The van der Waals surface area contributed by atoms with Gasteiger partial charge in [0.1, 0.15) is 5.82 Å². The van der Waals surface area contributed by atoms with Gasteiger partial charge in [-0.25, -0.2) is 9.78 Å². The molecule has 2 aliphatic rings. The molecule has 1 N–H and O–H groups in total. The predicted octanol–water partition coefficient (Wildman–Crippen LogP) is 2.95. The summed E-state index contributed by atoms with van der Waals surface area (Å²) in [5.41, 5.74) is 3.85. The second-order valence-electron chi connectivity index (χ2n) is 6.97. The Labute approximate surface area is 148 Å². The van der Waals surface area contributed by atoms with Crippen molar-refractivity contribution in [2.45, 2.75) is 38.4 Å². The lowest BCUT2D eigenvalue weighted by molar-refractivity contribution is 0.206. The smallest absolute Gasteiger partial charge is 0.317 e. The van der Waals surface area contributed by atoms with E-state index in [2.05, 4.69) is 51.6 Å². The number of rotatable bonds is 4. The number of amides is 2. The number of carbonyl (C=O) groups excluding carboxylic acids is 1. The molecule has 2 heterocycles. The van der Waals surface area contributed by atoms with E-state index in [9.17, 15) is 4.79 Å². The third kappa shape index (κ3) is 3.60. The number of urea groups is 1. The molecule has 0 radical (unpaired) electrons. The number of anilines is 1. The lowest BCUT2D eigenvalue weighted by atomic mass is 10.00. The zero-order chi connectivity index (χ0) is 17.2. The molecular formula is C20H24N4O. The zero-order valence-electron chi connectivity index (χ0n) is 14.6. The van der Waals surface area contributed by atoms with Crippen LogP contribution in [0.3, 0.4) is 0 Å². The normalized spacial score (nSPS) is 16.3. The number of aromatic nitrogens is 1. The van der Waals surface area contributed by atoms with Crippen LogP contribution in [0.4, 0.5) is 10.6 Å². The van der Waals surface area contributed by atoms with E-state index in [0.29, 0.717) is 12.6 Å². The summed E-state index contributed by atoms with van der Waals surface area (Å²) in [5, 5.41) is 2.97. The minimum atomic E-state index is -0.000728. The summed E-state index contributed by atoms with van der Waals surface area (Å²) in [4.78, 5) is 20.7. The molecule has 0 unspecified atom stereocenters. The molecule has 2 aromatic rings. The highest BCUT2D eigenvalue weighted by Gasteiger charge is 2.29. The van der Waals surface area contributed by atoms with Crippen LogP contribution in [0.25, 0.3) is 0 Å². The lowest BCUT2D eigenvalue weighted by Crippen LogP contribution is -2.38. The molecular weight excluding hydrogens is 312 g/mol. The molecule has 0 spiro atoms. The molecule has 4 rings (SSSR count). The zero-order valence-corrected chi connectivity index (χ0v) is 14.6. The first-order chi connectivity index (χ1) is 12.2. The second kappa shape index (κ2) is 6.75. The molecule has 1 aliphatic carbocycles. The predicted molar refractivity (Wildman–Crippen MR) is 98.5 cm³/mol. The minimum Gasteiger partial charge on any atom is -0.352 e. The van der Waals surface area contributed by atoms with Gasteiger partial charge in [-0.15, -0.1) is 0 Å². The number of hydrogen-bond acceptors (Lipinski definition) is 3. The van der Waals surface area contributed by atoms with Gasteiger partial charge in [-0.1, -0.05) is 30.3 Å². The first-order valence-electron chi connectivity index (χ1n) is 8.98. The van der Waals surface area contributed by atoms with Gasteiger partial charge in [0.2, 0.25) is 0 Å². The highest BCUT2D eigenvalue weighted by Crippen LogP contribution is 2.25. The Morgan fingerprint density at radius 1 is 1.24 bits per heavy atom. The maximum absolute atomic E-state index is 12.0.